The van der Waals surface area contributed by atoms with Crippen LogP contribution in [-0.4, -0.2) is 15.1 Å². The van der Waals surface area contributed by atoms with Crippen LogP contribution in [0.4, 0.5) is 0 Å². The zero-order valence-electron chi connectivity index (χ0n) is 8.56. The first-order valence-electron chi connectivity index (χ1n) is 5.08. The summed E-state index contributed by atoms with van der Waals surface area (Å²) in [4.78, 5) is 2.35. The van der Waals surface area contributed by atoms with Crippen molar-refractivity contribution in [2.75, 3.05) is 0 Å². The van der Waals surface area contributed by atoms with Crippen molar-refractivity contribution in [1.82, 2.24) is 15.1 Å². The Bertz CT molecular complexity index is 486. The molecule has 3 rings (SSSR count). The van der Waals surface area contributed by atoms with Crippen molar-refractivity contribution in [3.05, 3.63) is 44.9 Å². The second-order valence-corrected chi connectivity index (χ2v) is 5.51. The molecule has 3 nitrogen and oxygen atoms in total. The van der Waals surface area contributed by atoms with Gasteiger partial charge in [-0.3, -0.25) is 4.90 Å². The van der Waals surface area contributed by atoms with E-state index in [1.54, 1.807) is 0 Å². The summed E-state index contributed by atoms with van der Waals surface area (Å²) in [5.41, 5.74) is 2.83. The van der Waals surface area contributed by atoms with Crippen molar-refractivity contribution < 1.29 is 0 Å². The Labute approximate surface area is 103 Å². The van der Waals surface area contributed by atoms with Gasteiger partial charge in [0.05, 0.1) is 6.54 Å². The Hall–Kier alpha value is -0.970. The highest BCUT2D eigenvalue weighted by Crippen LogP contribution is 2.25. The van der Waals surface area contributed by atoms with E-state index in [-0.39, 0.29) is 0 Å². The predicted octanol–water partition coefficient (Wildman–Crippen LogP) is 2.71. The normalized spacial score (nSPS) is 15.3. The van der Waals surface area contributed by atoms with Gasteiger partial charge in [-0.25, -0.2) is 0 Å². The van der Waals surface area contributed by atoms with Crippen molar-refractivity contribution >= 4 is 22.9 Å². The second kappa shape index (κ2) is 4.13. The van der Waals surface area contributed by atoms with Gasteiger partial charge in [-0.2, -0.15) is 0 Å². The summed E-state index contributed by atoms with van der Waals surface area (Å²) in [6.07, 6.45) is 0. The van der Waals surface area contributed by atoms with Crippen LogP contribution in [0.15, 0.2) is 24.3 Å². The van der Waals surface area contributed by atoms with Gasteiger partial charge in [0.1, 0.15) is 5.01 Å². The van der Waals surface area contributed by atoms with Crippen LogP contribution in [0.5, 0.6) is 0 Å². The molecule has 0 unspecified atom stereocenters. The lowest BCUT2D eigenvalue weighted by Crippen LogP contribution is -2.15. The fourth-order valence-electron chi connectivity index (χ4n) is 2.00. The zero-order chi connectivity index (χ0) is 11.0. The molecule has 0 bridgehead atoms. The number of halogens is 1. The van der Waals surface area contributed by atoms with Crippen LogP contribution >= 0.6 is 22.9 Å². The summed E-state index contributed by atoms with van der Waals surface area (Å²) in [6, 6.07) is 8.54. The molecule has 1 aliphatic heterocycles. The fourth-order valence-corrected chi connectivity index (χ4v) is 2.91. The molecule has 82 valence electrons. The van der Waals surface area contributed by atoms with E-state index in [1.807, 2.05) is 0 Å². The first kappa shape index (κ1) is 10.2. The third-order valence-corrected chi connectivity index (χ3v) is 3.71. The average Bonchev–Trinajstić information content (AvgIpc) is 2.84. The maximum absolute atomic E-state index is 5.76. The van der Waals surface area contributed by atoms with E-state index in [9.17, 15) is 0 Å². The van der Waals surface area contributed by atoms with E-state index >= 15 is 0 Å². The molecule has 0 saturated heterocycles. The van der Waals surface area contributed by atoms with Crippen LogP contribution in [0.25, 0.3) is 0 Å². The standard InChI is InChI=1S/C11H10ClN3S/c12-11-14-13-10(16-11)7-15-5-8-3-1-2-4-9(8)6-15/h1-4H,5-7H2. The first-order valence-corrected chi connectivity index (χ1v) is 6.28. The highest BCUT2D eigenvalue weighted by atomic mass is 35.5. The molecule has 1 aromatic carbocycles. The Morgan fingerprint density at radius 2 is 1.88 bits per heavy atom. The third-order valence-electron chi connectivity index (χ3n) is 2.71. The summed E-state index contributed by atoms with van der Waals surface area (Å²) in [6.45, 7) is 2.82. The second-order valence-electron chi connectivity index (χ2n) is 3.86. The van der Waals surface area contributed by atoms with Crippen molar-refractivity contribution in [2.45, 2.75) is 19.6 Å². The Kier molecular flexibility index (Phi) is 2.63. The van der Waals surface area contributed by atoms with Crippen LogP contribution < -0.4 is 0 Å². The monoisotopic (exact) mass is 251 g/mol. The van der Waals surface area contributed by atoms with Gasteiger partial charge >= 0.3 is 0 Å². The maximum atomic E-state index is 5.76. The molecule has 1 aromatic heterocycles. The first-order chi connectivity index (χ1) is 7.81. The predicted molar refractivity (Wildman–Crippen MR) is 64.3 cm³/mol. The summed E-state index contributed by atoms with van der Waals surface area (Å²) < 4.78 is 0.520. The lowest BCUT2D eigenvalue weighted by atomic mass is 10.1. The molecule has 0 aliphatic carbocycles. The van der Waals surface area contributed by atoms with Gasteiger partial charge in [0.2, 0.25) is 4.47 Å². The van der Waals surface area contributed by atoms with Crippen LogP contribution in [-0.2, 0) is 19.6 Å². The van der Waals surface area contributed by atoms with Gasteiger partial charge in [-0.05, 0) is 22.7 Å². The molecule has 5 heteroatoms. The minimum absolute atomic E-state index is 0.520. The Balaban J connectivity index is 1.72. The van der Waals surface area contributed by atoms with Gasteiger partial charge in [0, 0.05) is 13.1 Å². The highest BCUT2D eigenvalue weighted by molar-refractivity contribution is 7.15. The van der Waals surface area contributed by atoms with Crippen molar-refractivity contribution in [2.24, 2.45) is 0 Å². The topological polar surface area (TPSA) is 29.0 Å². The van der Waals surface area contributed by atoms with Crippen LogP contribution in [0, 0.1) is 0 Å². The number of nitrogens with zero attached hydrogens (tertiary/aromatic N) is 3. The molecule has 0 fully saturated rings. The van der Waals surface area contributed by atoms with Crippen LogP contribution in [0.3, 0.4) is 0 Å². The number of benzene rings is 1. The zero-order valence-corrected chi connectivity index (χ0v) is 10.1. The maximum Gasteiger partial charge on any atom is 0.207 e. The number of hydrogen-bond donors (Lipinski definition) is 0. The minimum atomic E-state index is 0.520. The molecule has 0 atom stereocenters. The number of aromatic nitrogens is 2. The van der Waals surface area contributed by atoms with Gasteiger partial charge in [0.15, 0.2) is 0 Å². The molecule has 0 spiro atoms. The quantitative estimate of drug-likeness (QED) is 0.822. The molecular formula is C11H10ClN3S. The van der Waals surface area contributed by atoms with E-state index in [0.717, 1.165) is 24.6 Å². The largest absolute Gasteiger partial charge is 0.288 e. The molecule has 2 aromatic rings. The molecule has 0 radical (unpaired) electrons. The average molecular weight is 252 g/mol. The lowest BCUT2D eigenvalue weighted by molar-refractivity contribution is 0.274. The lowest BCUT2D eigenvalue weighted by Gasteiger charge is -2.11. The Morgan fingerprint density at radius 1 is 1.19 bits per heavy atom. The SMILES string of the molecule is Clc1nnc(CN2Cc3ccccc3C2)s1. The van der Waals surface area contributed by atoms with E-state index in [2.05, 4.69) is 39.4 Å². The van der Waals surface area contributed by atoms with Crippen LogP contribution in [0.1, 0.15) is 16.1 Å². The smallest absolute Gasteiger partial charge is 0.207 e. The van der Waals surface area contributed by atoms with Crippen molar-refractivity contribution in [3.8, 4) is 0 Å². The van der Waals surface area contributed by atoms with Gasteiger partial charge in [-0.15, -0.1) is 10.2 Å². The molecule has 0 N–H and O–H groups in total. The van der Waals surface area contributed by atoms with E-state index < -0.39 is 0 Å². The van der Waals surface area contributed by atoms with E-state index in [0.29, 0.717) is 4.47 Å². The molecule has 16 heavy (non-hydrogen) atoms. The van der Waals surface area contributed by atoms with Gasteiger partial charge in [0.25, 0.3) is 0 Å². The highest BCUT2D eigenvalue weighted by Gasteiger charge is 2.19. The number of fused-ring (bicyclic) bond motifs is 1. The molecule has 0 saturated carbocycles. The number of rotatable bonds is 2. The van der Waals surface area contributed by atoms with Gasteiger partial charge in [-0.1, -0.05) is 35.6 Å². The van der Waals surface area contributed by atoms with E-state index in [4.69, 9.17) is 11.6 Å². The Morgan fingerprint density at radius 3 is 2.44 bits per heavy atom. The summed E-state index contributed by atoms with van der Waals surface area (Å²) in [5, 5.41) is 8.84. The summed E-state index contributed by atoms with van der Waals surface area (Å²) in [5.74, 6) is 0. The molecule has 0 amide bonds. The minimum Gasteiger partial charge on any atom is -0.288 e. The fraction of sp³-hybridized carbons (Fsp3) is 0.273. The summed E-state index contributed by atoms with van der Waals surface area (Å²) >= 11 is 7.22. The molecular weight excluding hydrogens is 242 g/mol. The summed E-state index contributed by atoms with van der Waals surface area (Å²) in [7, 11) is 0. The van der Waals surface area contributed by atoms with Crippen molar-refractivity contribution in [3.63, 3.8) is 0 Å². The van der Waals surface area contributed by atoms with Crippen molar-refractivity contribution in [1.29, 1.82) is 0 Å². The molecule has 1 aliphatic rings. The molecule has 2 heterocycles. The van der Waals surface area contributed by atoms with E-state index in [1.165, 1.54) is 22.5 Å². The third kappa shape index (κ3) is 1.96. The van der Waals surface area contributed by atoms with Gasteiger partial charge < -0.3 is 0 Å². The number of hydrogen-bond acceptors (Lipinski definition) is 4. The van der Waals surface area contributed by atoms with Crippen LogP contribution in [0.2, 0.25) is 4.47 Å².